The van der Waals surface area contributed by atoms with Gasteiger partial charge in [-0.1, -0.05) is 13.8 Å². The fourth-order valence-electron chi connectivity index (χ4n) is 2.17. The monoisotopic (exact) mass is 292 g/mol. The van der Waals surface area contributed by atoms with Crippen LogP contribution >= 0.6 is 0 Å². The molecular formula is C16H28N4O. The van der Waals surface area contributed by atoms with Gasteiger partial charge in [0.1, 0.15) is 0 Å². The Bertz CT molecular complexity index is 415. The Labute approximate surface area is 128 Å². The van der Waals surface area contributed by atoms with E-state index < -0.39 is 0 Å². The van der Waals surface area contributed by atoms with E-state index in [0.717, 1.165) is 38.2 Å². The van der Waals surface area contributed by atoms with Gasteiger partial charge in [-0.05, 0) is 58.5 Å². The summed E-state index contributed by atoms with van der Waals surface area (Å²) in [6.45, 7) is 11.6. The Kier molecular flexibility index (Phi) is 7.75. The minimum absolute atomic E-state index is 0.166. The van der Waals surface area contributed by atoms with Crippen molar-refractivity contribution in [3.8, 4) is 0 Å². The van der Waals surface area contributed by atoms with Crippen LogP contribution in [0.2, 0.25) is 0 Å². The lowest BCUT2D eigenvalue weighted by Crippen LogP contribution is -2.36. The summed E-state index contributed by atoms with van der Waals surface area (Å²) in [5.74, 6) is 0. The summed E-state index contributed by atoms with van der Waals surface area (Å²) >= 11 is 0. The number of rotatable bonds is 8. The van der Waals surface area contributed by atoms with Crippen molar-refractivity contribution in [2.75, 3.05) is 25.0 Å². The number of nitrogens with one attached hydrogen (secondary N) is 2. The molecule has 1 rings (SSSR count). The molecule has 0 aromatic carbocycles. The van der Waals surface area contributed by atoms with Gasteiger partial charge in [-0.25, -0.2) is 4.79 Å². The number of carbonyl (C=O) groups excluding carboxylic acids is 1. The average Bonchev–Trinajstić information content (AvgIpc) is 2.46. The molecule has 1 aromatic heterocycles. The van der Waals surface area contributed by atoms with Crippen LogP contribution in [0.3, 0.4) is 0 Å². The van der Waals surface area contributed by atoms with Crippen molar-refractivity contribution < 1.29 is 4.79 Å². The number of hydrogen-bond acceptors (Lipinski definition) is 3. The zero-order valence-electron chi connectivity index (χ0n) is 13.6. The highest BCUT2D eigenvalue weighted by atomic mass is 16.2. The molecule has 0 bridgehead atoms. The third-order valence-corrected chi connectivity index (χ3v) is 3.55. The largest absolute Gasteiger partial charge is 0.335 e. The van der Waals surface area contributed by atoms with E-state index >= 15 is 0 Å². The normalized spacial score (nSPS) is 12.2. The standard InChI is InChI=1S/C16H28N4O/c1-5-20(6-2)11-7-8-14(4)18-16(21)19-15-10-9-13(3)17-12-15/h9-10,12,14H,5-8,11H2,1-4H3,(H2,18,19,21)/t14-/m0/s1. The van der Waals surface area contributed by atoms with E-state index in [1.165, 1.54) is 0 Å². The number of urea groups is 1. The second-order valence-electron chi connectivity index (χ2n) is 5.36. The van der Waals surface area contributed by atoms with Crippen molar-refractivity contribution in [3.63, 3.8) is 0 Å². The Morgan fingerprint density at radius 2 is 2.05 bits per heavy atom. The van der Waals surface area contributed by atoms with Gasteiger partial charge >= 0.3 is 6.03 Å². The van der Waals surface area contributed by atoms with Gasteiger partial charge in [-0.2, -0.15) is 0 Å². The quantitative estimate of drug-likeness (QED) is 0.774. The molecule has 0 aliphatic carbocycles. The van der Waals surface area contributed by atoms with Crippen molar-refractivity contribution in [2.24, 2.45) is 0 Å². The molecule has 0 fully saturated rings. The fourth-order valence-corrected chi connectivity index (χ4v) is 2.17. The van der Waals surface area contributed by atoms with Crippen molar-refractivity contribution in [3.05, 3.63) is 24.0 Å². The third kappa shape index (κ3) is 7.09. The molecule has 2 amide bonds. The molecule has 2 N–H and O–H groups in total. The Balaban J connectivity index is 2.25. The zero-order valence-corrected chi connectivity index (χ0v) is 13.6. The molecule has 118 valence electrons. The van der Waals surface area contributed by atoms with Crippen LogP contribution in [0.1, 0.15) is 39.3 Å². The Morgan fingerprint density at radius 3 is 2.62 bits per heavy atom. The first-order valence-electron chi connectivity index (χ1n) is 7.77. The summed E-state index contributed by atoms with van der Waals surface area (Å²) in [6.07, 6.45) is 3.74. The fraction of sp³-hybridized carbons (Fsp3) is 0.625. The first-order chi connectivity index (χ1) is 10.0. The van der Waals surface area contributed by atoms with E-state index in [1.807, 2.05) is 26.0 Å². The van der Waals surface area contributed by atoms with E-state index in [1.54, 1.807) is 6.20 Å². The van der Waals surface area contributed by atoms with Crippen molar-refractivity contribution in [1.82, 2.24) is 15.2 Å². The predicted octanol–water partition coefficient (Wildman–Crippen LogP) is 3.02. The van der Waals surface area contributed by atoms with Crippen LogP contribution < -0.4 is 10.6 Å². The van der Waals surface area contributed by atoms with Gasteiger partial charge in [-0.3, -0.25) is 4.98 Å². The minimum atomic E-state index is -0.170. The van der Waals surface area contributed by atoms with Crippen LogP contribution in [0.5, 0.6) is 0 Å². The van der Waals surface area contributed by atoms with Gasteiger partial charge in [0.15, 0.2) is 0 Å². The minimum Gasteiger partial charge on any atom is -0.335 e. The lowest BCUT2D eigenvalue weighted by molar-refractivity contribution is 0.247. The van der Waals surface area contributed by atoms with Gasteiger partial charge in [0.25, 0.3) is 0 Å². The summed E-state index contributed by atoms with van der Waals surface area (Å²) in [5, 5.41) is 5.76. The highest BCUT2D eigenvalue weighted by molar-refractivity contribution is 5.89. The second-order valence-corrected chi connectivity index (χ2v) is 5.36. The number of nitrogens with zero attached hydrogens (tertiary/aromatic N) is 2. The number of anilines is 1. The van der Waals surface area contributed by atoms with E-state index in [9.17, 15) is 4.79 Å². The molecule has 1 heterocycles. The predicted molar refractivity (Wildman–Crippen MR) is 87.6 cm³/mol. The molecule has 0 radical (unpaired) electrons. The number of amides is 2. The van der Waals surface area contributed by atoms with Gasteiger partial charge < -0.3 is 15.5 Å². The van der Waals surface area contributed by atoms with Gasteiger partial charge in [0.2, 0.25) is 0 Å². The van der Waals surface area contributed by atoms with Crippen LogP contribution in [0.15, 0.2) is 18.3 Å². The summed E-state index contributed by atoms with van der Waals surface area (Å²) in [5.41, 5.74) is 1.65. The van der Waals surface area contributed by atoms with Crippen molar-refractivity contribution in [2.45, 2.75) is 46.6 Å². The van der Waals surface area contributed by atoms with E-state index in [2.05, 4.69) is 34.4 Å². The number of hydrogen-bond donors (Lipinski definition) is 2. The van der Waals surface area contributed by atoms with Crippen LogP contribution in [0, 0.1) is 6.92 Å². The smallest absolute Gasteiger partial charge is 0.319 e. The molecule has 5 nitrogen and oxygen atoms in total. The van der Waals surface area contributed by atoms with E-state index in [4.69, 9.17) is 0 Å². The van der Waals surface area contributed by atoms with Crippen molar-refractivity contribution >= 4 is 11.7 Å². The second kappa shape index (κ2) is 9.34. The zero-order chi connectivity index (χ0) is 15.7. The van der Waals surface area contributed by atoms with Gasteiger partial charge in [0, 0.05) is 11.7 Å². The number of aromatic nitrogens is 1. The molecule has 1 atom stereocenters. The lowest BCUT2D eigenvalue weighted by atomic mass is 10.2. The molecule has 0 unspecified atom stereocenters. The molecule has 21 heavy (non-hydrogen) atoms. The molecule has 0 aliphatic heterocycles. The van der Waals surface area contributed by atoms with Crippen molar-refractivity contribution in [1.29, 1.82) is 0 Å². The molecule has 0 saturated heterocycles. The first kappa shape index (κ1) is 17.4. The molecule has 0 aliphatic rings. The summed E-state index contributed by atoms with van der Waals surface area (Å²) in [6, 6.07) is 3.73. The Morgan fingerprint density at radius 1 is 1.33 bits per heavy atom. The lowest BCUT2D eigenvalue weighted by Gasteiger charge is -2.19. The van der Waals surface area contributed by atoms with Crippen LogP contribution in [-0.4, -0.2) is 41.6 Å². The first-order valence-corrected chi connectivity index (χ1v) is 7.77. The maximum absolute atomic E-state index is 11.9. The summed E-state index contributed by atoms with van der Waals surface area (Å²) < 4.78 is 0. The molecule has 5 heteroatoms. The Hall–Kier alpha value is -1.62. The third-order valence-electron chi connectivity index (χ3n) is 3.55. The van der Waals surface area contributed by atoms with Gasteiger partial charge in [0.05, 0.1) is 11.9 Å². The molecular weight excluding hydrogens is 264 g/mol. The molecule has 1 aromatic rings. The van der Waals surface area contributed by atoms with E-state index in [-0.39, 0.29) is 12.1 Å². The molecule has 0 spiro atoms. The number of pyridine rings is 1. The topological polar surface area (TPSA) is 57.3 Å². The highest BCUT2D eigenvalue weighted by Crippen LogP contribution is 2.05. The number of aryl methyl sites for hydroxylation is 1. The van der Waals surface area contributed by atoms with Crippen LogP contribution in [0.4, 0.5) is 10.5 Å². The summed E-state index contributed by atoms with van der Waals surface area (Å²) in [4.78, 5) is 18.4. The van der Waals surface area contributed by atoms with E-state index in [0.29, 0.717) is 5.69 Å². The number of carbonyl (C=O) groups is 1. The van der Waals surface area contributed by atoms with Crippen LogP contribution in [0.25, 0.3) is 0 Å². The maximum Gasteiger partial charge on any atom is 0.319 e. The van der Waals surface area contributed by atoms with Crippen LogP contribution in [-0.2, 0) is 0 Å². The molecule has 0 saturated carbocycles. The SMILES string of the molecule is CCN(CC)CCC[C@H](C)NC(=O)Nc1ccc(C)nc1. The highest BCUT2D eigenvalue weighted by Gasteiger charge is 2.08. The average molecular weight is 292 g/mol. The van der Waals surface area contributed by atoms with Gasteiger partial charge in [-0.15, -0.1) is 0 Å². The maximum atomic E-state index is 11.9. The summed E-state index contributed by atoms with van der Waals surface area (Å²) in [7, 11) is 0.